The highest BCUT2D eigenvalue weighted by Crippen LogP contribution is 2.17. The number of aliphatic hydroxyl groups excluding tert-OH is 1. The molecule has 1 aliphatic rings. The number of hydrogen-bond donors (Lipinski definition) is 2. The predicted octanol–water partition coefficient (Wildman–Crippen LogP) is -0.665. The number of fused-ring (bicyclic) bond motifs is 2. The van der Waals surface area contributed by atoms with Crippen LogP contribution in [0.5, 0.6) is 0 Å². The van der Waals surface area contributed by atoms with E-state index in [1.165, 1.54) is 4.52 Å². The van der Waals surface area contributed by atoms with Gasteiger partial charge in [-0.1, -0.05) is 0 Å². The van der Waals surface area contributed by atoms with Gasteiger partial charge in [0.05, 0.1) is 12.3 Å². The number of rotatable bonds is 3. The molecule has 7 nitrogen and oxygen atoms in total. The second-order valence-electron chi connectivity index (χ2n) is 4.52. The van der Waals surface area contributed by atoms with Gasteiger partial charge in [-0.05, 0) is 19.3 Å². The van der Waals surface area contributed by atoms with Crippen LogP contribution in [0.1, 0.15) is 17.7 Å². The van der Waals surface area contributed by atoms with Crippen LogP contribution in [0.4, 0.5) is 5.95 Å². The summed E-state index contributed by atoms with van der Waals surface area (Å²) in [6.45, 7) is 0.487. The zero-order chi connectivity index (χ0) is 12.7. The number of hydrogen-bond acceptors (Lipinski definition) is 5. The van der Waals surface area contributed by atoms with Gasteiger partial charge >= 0.3 is 0 Å². The van der Waals surface area contributed by atoms with E-state index in [1.807, 2.05) is 0 Å². The Labute approximate surface area is 103 Å². The van der Waals surface area contributed by atoms with E-state index < -0.39 is 0 Å². The summed E-state index contributed by atoms with van der Waals surface area (Å²) in [6, 6.07) is 0. The van der Waals surface area contributed by atoms with E-state index in [0.717, 1.165) is 30.5 Å². The van der Waals surface area contributed by atoms with Gasteiger partial charge in [-0.15, -0.1) is 0 Å². The summed E-state index contributed by atoms with van der Waals surface area (Å²) in [6.07, 6.45) is 2.64. The van der Waals surface area contributed by atoms with E-state index >= 15 is 0 Å². The van der Waals surface area contributed by atoms with Crippen molar-refractivity contribution in [3.63, 3.8) is 0 Å². The monoisotopic (exact) mass is 249 g/mol. The molecule has 7 heteroatoms. The Morgan fingerprint density at radius 3 is 3.06 bits per heavy atom. The Kier molecular flexibility index (Phi) is 2.55. The Morgan fingerprint density at radius 1 is 1.44 bits per heavy atom. The van der Waals surface area contributed by atoms with Crippen LogP contribution in [0.3, 0.4) is 0 Å². The summed E-state index contributed by atoms with van der Waals surface area (Å²) in [7, 11) is 1.80. The molecule has 0 fully saturated rings. The molecule has 96 valence electrons. The maximum Gasteiger partial charge on any atom is 0.277 e. The summed E-state index contributed by atoms with van der Waals surface area (Å²) in [5.74, 6) is 0.942. The quantitative estimate of drug-likeness (QED) is 0.753. The number of nitrogens with zero attached hydrogens (tertiary/aromatic N) is 4. The first-order chi connectivity index (χ1) is 8.70. The van der Waals surface area contributed by atoms with Crippen molar-refractivity contribution in [3.8, 4) is 0 Å². The lowest BCUT2D eigenvalue weighted by Gasteiger charge is -2.12. The molecular weight excluding hydrogens is 234 g/mol. The summed E-state index contributed by atoms with van der Waals surface area (Å²) in [4.78, 5) is 22.6. The standard InChI is InChI=1S/C11H15N5O2/c1-15(5-6-17)11-13-10-12-8-4-2-3-7(8)9(18)16(10)14-11/h17H,2-6H2,1H3,(H,12,13,14). The lowest BCUT2D eigenvalue weighted by atomic mass is 10.3. The summed E-state index contributed by atoms with van der Waals surface area (Å²) >= 11 is 0. The molecule has 0 saturated carbocycles. The lowest BCUT2D eigenvalue weighted by molar-refractivity contribution is 0.303. The van der Waals surface area contributed by atoms with Crippen LogP contribution in [-0.2, 0) is 12.8 Å². The van der Waals surface area contributed by atoms with Crippen LogP contribution in [0.2, 0.25) is 0 Å². The summed E-state index contributed by atoms with van der Waals surface area (Å²) in [5, 5.41) is 11.8. The van der Waals surface area contributed by atoms with Crippen LogP contribution >= 0.6 is 0 Å². The van der Waals surface area contributed by atoms with E-state index in [-0.39, 0.29) is 12.2 Å². The third kappa shape index (κ3) is 1.59. The average Bonchev–Trinajstić information content (AvgIpc) is 2.95. The normalized spacial score (nSPS) is 14.1. The number of nitrogens with one attached hydrogen (secondary N) is 1. The van der Waals surface area contributed by atoms with E-state index in [4.69, 9.17) is 5.11 Å². The highest BCUT2D eigenvalue weighted by atomic mass is 16.3. The summed E-state index contributed by atoms with van der Waals surface area (Å²) < 4.78 is 1.38. The largest absolute Gasteiger partial charge is 0.395 e. The smallest absolute Gasteiger partial charge is 0.277 e. The van der Waals surface area contributed by atoms with Crippen molar-refractivity contribution in [1.82, 2.24) is 19.6 Å². The van der Waals surface area contributed by atoms with Gasteiger partial charge in [0.2, 0.25) is 5.95 Å². The van der Waals surface area contributed by atoms with Crippen LogP contribution in [0, 0.1) is 0 Å². The molecule has 0 unspecified atom stereocenters. The van der Waals surface area contributed by atoms with E-state index in [0.29, 0.717) is 18.3 Å². The molecule has 2 aromatic heterocycles. The Morgan fingerprint density at radius 2 is 2.28 bits per heavy atom. The molecule has 0 radical (unpaired) electrons. The topological polar surface area (TPSA) is 86.5 Å². The molecule has 0 atom stereocenters. The predicted molar refractivity (Wildman–Crippen MR) is 66.0 cm³/mol. The molecule has 0 aliphatic heterocycles. The minimum atomic E-state index is -0.0522. The Bertz CT molecular complexity index is 645. The fraction of sp³-hybridized carbons (Fsp3) is 0.545. The Hall–Kier alpha value is -1.89. The average molecular weight is 249 g/mol. The number of anilines is 1. The van der Waals surface area contributed by atoms with Crippen LogP contribution in [-0.4, -0.2) is 44.9 Å². The molecule has 0 spiro atoms. The fourth-order valence-corrected chi connectivity index (χ4v) is 2.30. The maximum atomic E-state index is 12.2. The molecule has 1 aliphatic carbocycles. The second kappa shape index (κ2) is 4.09. The SMILES string of the molecule is CN(CCO)c1nc2nc3c(c(=O)n2[nH]1)CCC3. The second-order valence-corrected chi connectivity index (χ2v) is 4.52. The molecular formula is C11H15N5O2. The number of H-pyrrole nitrogens is 1. The highest BCUT2D eigenvalue weighted by Gasteiger charge is 2.20. The molecule has 0 aromatic carbocycles. The summed E-state index contributed by atoms with van der Waals surface area (Å²) in [5.41, 5.74) is 1.62. The first-order valence-corrected chi connectivity index (χ1v) is 6.03. The van der Waals surface area contributed by atoms with Gasteiger partial charge in [0.25, 0.3) is 11.3 Å². The zero-order valence-corrected chi connectivity index (χ0v) is 10.2. The lowest BCUT2D eigenvalue weighted by Crippen LogP contribution is -2.23. The van der Waals surface area contributed by atoms with Gasteiger partial charge in [0.1, 0.15) is 0 Å². The van der Waals surface area contributed by atoms with Gasteiger partial charge in [-0.25, -0.2) is 4.98 Å². The van der Waals surface area contributed by atoms with Gasteiger partial charge in [0.15, 0.2) is 0 Å². The first-order valence-electron chi connectivity index (χ1n) is 6.03. The molecule has 0 saturated heterocycles. The third-order valence-electron chi connectivity index (χ3n) is 3.30. The van der Waals surface area contributed by atoms with Crippen LogP contribution < -0.4 is 10.5 Å². The maximum absolute atomic E-state index is 12.2. The first kappa shape index (κ1) is 11.2. The van der Waals surface area contributed by atoms with Gasteiger partial charge in [0, 0.05) is 19.2 Å². The van der Waals surface area contributed by atoms with Crippen molar-refractivity contribution in [3.05, 3.63) is 21.6 Å². The zero-order valence-electron chi connectivity index (χ0n) is 10.2. The van der Waals surface area contributed by atoms with Gasteiger partial charge in [-0.2, -0.15) is 9.50 Å². The molecule has 2 heterocycles. The van der Waals surface area contributed by atoms with Crippen molar-refractivity contribution in [2.45, 2.75) is 19.3 Å². The highest BCUT2D eigenvalue weighted by molar-refractivity contribution is 5.41. The van der Waals surface area contributed by atoms with Crippen molar-refractivity contribution in [2.24, 2.45) is 0 Å². The van der Waals surface area contributed by atoms with E-state index in [9.17, 15) is 4.79 Å². The molecule has 0 amide bonds. The Balaban J connectivity index is 2.13. The molecule has 0 bridgehead atoms. The van der Waals surface area contributed by atoms with Gasteiger partial charge in [-0.3, -0.25) is 9.89 Å². The molecule has 2 aromatic rings. The fourth-order valence-electron chi connectivity index (χ4n) is 2.30. The van der Waals surface area contributed by atoms with Crippen LogP contribution in [0.25, 0.3) is 5.78 Å². The van der Waals surface area contributed by atoms with Crippen molar-refractivity contribution in [2.75, 3.05) is 25.1 Å². The van der Waals surface area contributed by atoms with Gasteiger partial charge < -0.3 is 10.0 Å². The number of aryl methyl sites for hydroxylation is 1. The number of aliphatic hydroxyl groups is 1. The van der Waals surface area contributed by atoms with Crippen molar-refractivity contribution < 1.29 is 5.11 Å². The van der Waals surface area contributed by atoms with Crippen molar-refractivity contribution in [1.29, 1.82) is 0 Å². The molecule has 3 rings (SSSR count). The van der Waals surface area contributed by atoms with E-state index in [2.05, 4.69) is 15.1 Å². The van der Waals surface area contributed by atoms with Crippen molar-refractivity contribution >= 4 is 11.7 Å². The molecule has 2 N–H and O–H groups in total. The third-order valence-corrected chi connectivity index (χ3v) is 3.30. The molecule has 18 heavy (non-hydrogen) atoms. The minimum Gasteiger partial charge on any atom is -0.395 e. The number of aromatic amines is 1. The van der Waals surface area contributed by atoms with Crippen LogP contribution in [0.15, 0.2) is 4.79 Å². The number of likely N-dealkylation sites (N-methyl/N-ethyl adjacent to an activating group) is 1. The number of aromatic nitrogens is 4. The van der Waals surface area contributed by atoms with E-state index in [1.54, 1.807) is 11.9 Å². The minimum absolute atomic E-state index is 0.0341.